The van der Waals surface area contributed by atoms with Gasteiger partial charge < -0.3 is 51.2 Å². The van der Waals surface area contributed by atoms with Crippen molar-refractivity contribution in [2.24, 2.45) is 0 Å². The number of carboxylic acids is 2. The number of hydrogen-bond donors (Lipinski definition) is 5. The highest BCUT2D eigenvalue weighted by atomic mass is 16.4. The molecular formula is C24H38N2O8. The van der Waals surface area contributed by atoms with Crippen molar-refractivity contribution < 1.29 is 51.2 Å². The number of rotatable bonds is 9. The number of quaternary nitrogens is 2. The zero-order chi connectivity index (χ0) is 25.4. The number of carbonyl (C=O) groups is 2. The molecule has 0 radical (unpaired) electrons. The van der Waals surface area contributed by atoms with Crippen LogP contribution in [0.25, 0.3) is 0 Å². The third kappa shape index (κ3) is 13.6. The van der Waals surface area contributed by atoms with E-state index in [2.05, 4.69) is 0 Å². The Kier molecular flexibility index (Phi) is 18.2. The molecule has 0 heterocycles. The lowest BCUT2D eigenvalue weighted by Gasteiger charge is -2.15. The quantitative estimate of drug-likeness (QED) is 0.239. The summed E-state index contributed by atoms with van der Waals surface area (Å²) in [7, 11) is 3.94. The summed E-state index contributed by atoms with van der Waals surface area (Å²) < 4.78 is 0. The average Bonchev–Trinajstić information content (AvgIpc) is 2.83. The number of aliphatic carboxylic acids is 2. The molecule has 2 aromatic rings. The monoisotopic (exact) mass is 482 g/mol. The first kappa shape index (κ1) is 33.3. The van der Waals surface area contributed by atoms with Gasteiger partial charge in [0.1, 0.15) is 24.3 Å². The minimum absolute atomic E-state index is 0. The van der Waals surface area contributed by atoms with Crippen molar-refractivity contribution in [2.75, 3.05) is 14.1 Å². The van der Waals surface area contributed by atoms with Crippen molar-refractivity contribution in [2.45, 2.75) is 50.7 Å². The number of carboxylic acid groups (broad SMARTS) is 2. The molecule has 0 fully saturated rings. The molecule has 0 spiro atoms. The predicted octanol–water partition coefficient (Wildman–Crippen LogP) is -3.98. The van der Waals surface area contributed by atoms with Crippen LogP contribution in [-0.2, 0) is 9.59 Å². The molecular weight excluding hydrogens is 444 g/mol. The van der Waals surface area contributed by atoms with Gasteiger partial charge >= 0.3 is 0 Å². The van der Waals surface area contributed by atoms with E-state index in [1.165, 1.54) is 0 Å². The average molecular weight is 483 g/mol. The van der Waals surface area contributed by atoms with E-state index in [1.807, 2.05) is 99.2 Å². The second-order valence-corrected chi connectivity index (χ2v) is 7.51. The van der Waals surface area contributed by atoms with Crippen LogP contribution in [0, 0.1) is 0 Å². The molecule has 10 heteroatoms. The standard InChI is InChI=1S/2C10H15NO.C4H6O5.H2O/c2*1-8(11-2)10(12)9-6-4-3-5-7-9;5-2(4(8)9)1-3(6)7;/h2*3-8,10-12H,1-2H3;2,5H,1H2,(H,6,7)(H,8,9);1H2/t2*8-,10-;2-;/m110./s1. The van der Waals surface area contributed by atoms with E-state index in [4.69, 9.17) is 5.11 Å². The van der Waals surface area contributed by atoms with Crippen molar-refractivity contribution in [3.05, 3.63) is 71.8 Å². The Morgan fingerprint density at radius 2 is 1.09 bits per heavy atom. The van der Waals surface area contributed by atoms with Crippen LogP contribution >= 0.6 is 0 Å². The lowest BCUT2D eigenvalue weighted by atomic mass is 10.0. The molecule has 5 atom stereocenters. The largest absolute Gasteiger partial charge is 0.550 e. The highest BCUT2D eigenvalue weighted by Gasteiger charge is 2.17. The summed E-state index contributed by atoms with van der Waals surface area (Å²) in [4.78, 5) is 19.1. The van der Waals surface area contributed by atoms with Crippen molar-refractivity contribution in [1.82, 2.24) is 0 Å². The summed E-state index contributed by atoms with van der Waals surface area (Å²) >= 11 is 0. The Labute approximate surface area is 200 Å². The molecule has 0 bridgehead atoms. The predicted molar refractivity (Wildman–Crippen MR) is 122 cm³/mol. The molecule has 2 aromatic carbocycles. The SMILES string of the molecule is C[NH2+][C@H](C)[C@@H](O)c1ccccc1.C[NH2+][C@H](C)[C@@H](O)c1ccccc1.O.O=C([O-])C[C@H](O)C(=O)[O-]. The summed E-state index contributed by atoms with van der Waals surface area (Å²) in [6, 6.07) is 19.9. The van der Waals surface area contributed by atoms with E-state index in [9.17, 15) is 30.0 Å². The summed E-state index contributed by atoms with van der Waals surface area (Å²) in [5.74, 6) is -3.43. The first-order valence-electron chi connectivity index (χ1n) is 10.7. The van der Waals surface area contributed by atoms with Crippen molar-refractivity contribution in [3.8, 4) is 0 Å². The smallest absolute Gasteiger partial charge is 0.130 e. The molecule has 192 valence electrons. The van der Waals surface area contributed by atoms with Gasteiger partial charge in [-0.2, -0.15) is 0 Å². The normalized spacial score (nSPS) is 14.3. The van der Waals surface area contributed by atoms with Crippen molar-refractivity contribution >= 4 is 11.9 Å². The molecule has 0 amide bonds. The molecule has 0 aliphatic rings. The van der Waals surface area contributed by atoms with Crippen molar-refractivity contribution in [1.29, 1.82) is 0 Å². The van der Waals surface area contributed by atoms with Crippen molar-refractivity contribution in [3.63, 3.8) is 0 Å². The Morgan fingerprint density at radius 3 is 1.29 bits per heavy atom. The summed E-state index contributed by atoms with van der Waals surface area (Å²) in [6.07, 6.45) is -3.62. The van der Waals surface area contributed by atoms with E-state index < -0.39 is 24.5 Å². The number of aliphatic hydroxyl groups is 3. The summed E-state index contributed by atoms with van der Waals surface area (Å²) in [5.41, 5.74) is 1.98. The van der Waals surface area contributed by atoms with Crippen LogP contribution in [0.5, 0.6) is 0 Å². The lowest BCUT2D eigenvalue weighted by molar-refractivity contribution is -0.669. The number of aliphatic hydroxyl groups excluding tert-OH is 3. The number of nitrogens with two attached hydrogens (primary N) is 2. The number of hydrogen-bond acceptors (Lipinski definition) is 7. The Bertz CT molecular complexity index is 741. The second-order valence-electron chi connectivity index (χ2n) is 7.51. The van der Waals surface area contributed by atoms with E-state index >= 15 is 0 Å². The molecule has 2 rings (SSSR count). The van der Waals surface area contributed by atoms with Gasteiger partial charge in [0.2, 0.25) is 0 Å². The third-order valence-corrected chi connectivity index (χ3v) is 4.96. The van der Waals surface area contributed by atoms with Gasteiger partial charge in [0, 0.05) is 12.4 Å². The van der Waals surface area contributed by atoms with Gasteiger partial charge in [0.05, 0.1) is 26.2 Å². The van der Waals surface area contributed by atoms with Gasteiger partial charge in [-0.1, -0.05) is 60.7 Å². The van der Waals surface area contributed by atoms with Gasteiger partial charge in [-0.05, 0) is 25.0 Å². The third-order valence-electron chi connectivity index (χ3n) is 4.96. The Morgan fingerprint density at radius 1 is 0.765 bits per heavy atom. The van der Waals surface area contributed by atoms with Crippen LogP contribution < -0.4 is 20.8 Å². The van der Waals surface area contributed by atoms with E-state index in [1.54, 1.807) is 0 Å². The minimum atomic E-state index is -1.96. The van der Waals surface area contributed by atoms with E-state index in [-0.39, 0.29) is 29.8 Å². The van der Waals surface area contributed by atoms with Crippen LogP contribution in [-0.4, -0.2) is 65.0 Å². The first-order chi connectivity index (χ1) is 15.5. The molecule has 34 heavy (non-hydrogen) atoms. The van der Waals surface area contributed by atoms with Gasteiger partial charge in [-0.15, -0.1) is 0 Å². The topological polar surface area (TPSA) is 206 Å². The van der Waals surface area contributed by atoms with E-state index in [0.29, 0.717) is 0 Å². The maximum Gasteiger partial charge on any atom is 0.130 e. The lowest BCUT2D eigenvalue weighted by Crippen LogP contribution is -2.86. The number of benzene rings is 2. The Hall–Kier alpha value is -2.86. The van der Waals surface area contributed by atoms with Gasteiger partial charge in [-0.25, -0.2) is 0 Å². The number of likely N-dealkylation sites (N-methyl/N-ethyl adjacent to an activating group) is 2. The van der Waals surface area contributed by atoms with Crippen LogP contribution in [0.3, 0.4) is 0 Å². The highest BCUT2D eigenvalue weighted by molar-refractivity contribution is 5.77. The highest BCUT2D eigenvalue weighted by Crippen LogP contribution is 2.14. The molecule has 0 aliphatic carbocycles. The fourth-order valence-corrected chi connectivity index (χ4v) is 2.51. The van der Waals surface area contributed by atoms with Gasteiger partial charge in [-0.3, -0.25) is 0 Å². The van der Waals surface area contributed by atoms with E-state index in [0.717, 1.165) is 11.1 Å². The molecule has 9 N–H and O–H groups in total. The molecule has 0 unspecified atom stereocenters. The second kappa shape index (κ2) is 18.6. The van der Waals surface area contributed by atoms with Gasteiger partial charge in [0.25, 0.3) is 0 Å². The summed E-state index contributed by atoms with van der Waals surface area (Å²) in [5, 5.41) is 50.9. The first-order valence-corrected chi connectivity index (χ1v) is 10.7. The maximum atomic E-state index is 9.76. The molecule has 0 aromatic heterocycles. The summed E-state index contributed by atoms with van der Waals surface area (Å²) in [6.45, 7) is 4.02. The van der Waals surface area contributed by atoms with Crippen LogP contribution in [0.2, 0.25) is 0 Å². The van der Waals surface area contributed by atoms with Crippen LogP contribution in [0.15, 0.2) is 60.7 Å². The maximum absolute atomic E-state index is 9.76. The molecule has 10 nitrogen and oxygen atoms in total. The molecule has 0 saturated heterocycles. The fraction of sp³-hybridized carbons (Fsp3) is 0.417. The van der Waals surface area contributed by atoms with Crippen LogP contribution in [0.1, 0.15) is 43.6 Å². The fourth-order valence-electron chi connectivity index (χ4n) is 2.51. The molecule has 0 saturated carbocycles. The van der Waals surface area contributed by atoms with Gasteiger partial charge in [0.15, 0.2) is 0 Å². The zero-order valence-electron chi connectivity index (χ0n) is 20.0. The number of carbonyl (C=O) groups excluding carboxylic acids is 2. The van der Waals surface area contributed by atoms with Crippen LogP contribution in [0.4, 0.5) is 0 Å². The molecule has 0 aliphatic heterocycles. The minimum Gasteiger partial charge on any atom is -0.550 e. The Balaban J connectivity index is 0. The zero-order valence-corrected chi connectivity index (χ0v) is 20.0.